The molecule has 3 N–H and O–H groups in total. The van der Waals surface area contributed by atoms with E-state index in [0.29, 0.717) is 18.7 Å². The number of rotatable bonds is 6. The van der Waals surface area contributed by atoms with Crippen molar-refractivity contribution in [2.45, 2.75) is 19.4 Å². The van der Waals surface area contributed by atoms with Gasteiger partial charge in [-0.2, -0.15) is 0 Å². The van der Waals surface area contributed by atoms with E-state index >= 15 is 0 Å². The lowest BCUT2D eigenvalue weighted by molar-refractivity contribution is -0.117. The Balaban J connectivity index is 1.56. The van der Waals surface area contributed by atoms with E-state index in [2.05, 4.69) is 16.0 Å². The van der Waals surface area contributed by atoms with Crippen LogP contribution in [0.15, 0.2) is 60.8 Å². The van der Waals surface area contributed by atoms with Crippen LogP contribution in [0.3, 0.4) is 0 Å². The second-order valence-corrected chi connectivity index (χ2v) is 5.71. The third-order valence-electron chi connectivity index (χ3n) is 3.88. The monoisotopic (exact) mass is 321 g/mol. The van der Waals surface area contributed by atoms with Gasteiger partial charge in [0.2, 0.25) is 11.8 Å². The number of aromatic nitrogens is 1. The van der Waals surface area contributed by atoms with Gasteiger partial charge in [-0.15, -0.1) is 0 Å². The fourth-order valence-electron chi connectivity index (χ4n) is 2.69. The molecule has 1 heterocycles. The first-order valence-corrected chi connectivity index (χ1v) is 7.83. The van der Waals surface area contributed by atoms with Crippen molar-refractivity contribution in [3.63, 3.8) is 0 Å². The highest BCUT2D eigenvalue weighted by molar-refractivity contribution is 5.91. The number of amides is 2. The minimum absolute atomic E-state index is 0.0459. The van der Waals surface area contributed by atoms with Gasteiger partial charge >= 0.3 is 0 Å². The molecule has 0 radical (unpaired) electrons. The number of nitrogens with two attached hydrogens (primary N) is 1. The number of primary amides is 1. The van der Waals surface area contributed by atoms with Gasteiger partial charge in [-0.3, -0.25) is 9.59 Å². The molecule has 5 heteroatoms. The van der Waals surface area contributed by atoms with Crippen molar-refractivity contribution >= 4 is 28.4 Å². The number of fused-ring (bicyclic) bond motifs is 1. The Morgan fingerprint density at radius 2 is 1.75 bits per heavy atom. The van der Waals surface area contributed by atoms with Gasteiger partial charge in [0.25, 0.3) is 0 Å². The fourth-order valence-corrected chi connectivity index (χ4v) is 2.69. The Labute approximate surface area is 140 Å². The SMILES string of the molecule is NC(=O)Cc1ccc(NC(=O)CCn2ccc3ccccc32)cc1. The number of carbonyl (C=O) groups is 2. The molecule has 0 saturated heterocycles. The van der Waals surface area contributed by atoms with Crippen LogP contribution >= 0.6 is 0 Å². The second kappa shape index (κ2) is 7.00. The molecule has 5 nitrogen and oxygen atoms in total. The van der Waals surface area contributed by atoms with Gasteiger partial charge in [-0.25, -0.2) is 0 Å². The minimum Gasteiger partial charge on any atom is -0.369 e. The Hall–Kier alpha value is -3.08. The zero-order valence-corrected chi connectivity index (χ0v) is 13.2. The lowest BCUT2D eigenvalue weighted by Gasteiger charge is -2.08. The maximum atomic E-state index is 12.1. The minimum atomic E-state index is -0.370. The molecule has 0 saturated carbocycles. The van der Waals surface area contributed by atoms with Crippen molar-refractivity contribution in [1.82, 2.24) is 4.57 Å². The van der Waals surface area contributed by atoms with Crippen molar-refractivity contribution in [2.24, 2.45) is 5.73 Å². The lowest BCUT2D eigenvalue weighted by atomic mass is 10.1. The standard InChI is InChI=1S/C19H19N3O2/c20-18(23)13-14-5-7-16(8-6-14)21-19(24)10-12-22-11-9-15-3-1-2-4-17(15)22/h1-9,11H,10,12-13H2,(H2,20,23)(H,21,24). The molecule has 0 unspecified atom stereocenters. The van der Waals surface area contributed by atoms with E-state index in [1.165, 1.54) is 5.39 Å². The van der Waals surface area contributed by atoms with Crippen LogP contribution in [0, 0.1) is 0 Å². The predicted octanol–water partition coefficient (Wildman–Crippen LogP) is 2.70. The van der Waals surface area contributed by atoms with Gasteiger partial charge in [0, 0.05) is 30.4 Å². The van der Waals surface area contributed by atoms with Crippen molar-refractivity contribution in [1.29, 1.82) is 0 Å². The molecule has 0 aliphatic carbocycles. The Morgan fingerprint density at radius 1 is 1.00 bits per heavy atom. The zero-order chi connectivity index (χ0) is 16.9. The van der Waals surface area contributed by atoms with Gasteiger partial charge in [-0.1, -0.05) is 30.3 Å². The average molecular weight is 321 g/mol. The Bertz CT molecular complexity index is 866. The molecule has 2 amide bonds. The largest absolute Gasteiger partial charge is 0.369 e. The van der Waals surface area contributed by atoms with E-state index in [1.54, 1.807) is 24.3 Å². The summed E-state index contributed by atoms with van der Waals surface area (Å²) < 4.78 is 2.07. The smallest absolute Gasteiger partial charge is 0.226 e. The highest BCUT2D eigenvalue weighted by Gasteiger charge is 2.06. The van der Waals surface area contributed by atoms with Crippen molar-refractivity contribution in [3.8, 4) is 0 Å². The third kappa shape index (κ3) is 3.81. The van der Waals surface area contributed by atoms with Crippen molar-refractivity contribution in [2.75, 3.05) is 5.32 Å². The number of carbonyl (C=O) groups excluding carboxylic acids is 2. The number of nitrogens with one attached hydrogen (secondary N) is 1. The summed E-state index contributed by atoms with van der Waals surface area (Å²) in [6.07, 6.45) is 2.59. The highest BCUT2D eigenvalue weighted by Crippen LogP contribution is 2.16. The molecule has 1 aromatic heterocycles. The number of nitrogens with zero attached hydrogens (tertiary/aromatic N) is 1. The molecule has 2 aromatic carbocycles. The average Bonchev–Trinajstić information content (AvgIpc) is 2.98. The summed E-state index contributed by atoms with van der Waals surface area (Å²) in [4.78, 5) is 23.0. The van der Waals surface area contributed by atoms with E-state index in [9.17, 15) is 9.59 Å². The molecule has 0 aliphatic heterocycles. The van der Waals surface area contributed by atoms with Crippen LogP contribution in [-0.4, -0.2) is 16.4 Å². The molecule has 24 heavy (non-hydrogen) atoms. The topological polar surface area (TPSA) is 77.1 Å². The molecule has 3 rings (SSSR count). The molecule has 3 aromatic rings. The van der Waals surface area contributed by atoms with Crippen LogP contribution in [0.4, 0.5) is 5.69 Å². The summed E-state index contributed by atoms with van der Waals surface area (Å²) in [6.45, 7) is 0.624. The maximum absolute atomic E-state index is 12.1. The quantitative estimate of drug-likeness (QED) is 0.732. The number of anilines is 1. The van der Waals surface area contributed by atoms with Gasteiger partial charge < -0.3 is 15.6 Å². The molecular formula is C19H19N3O2. The zero-order valence-electron chi connectivity index (χ0n) is 13.2. The first-order valence-electron chi connectivity index (χ1n) is 7.83. The van der Waals surface area contributed by atoms with E-state index in [4.69, 9.17) is 5.73 Å². The Morgan fingerprint density at radius 3 is 2.50 bits per heavy atom. The van der Waals surface area contributed by atoms with Crippen molar-refractivity contribution in [3.05, 3.63) is 66.4 Å². The summed E-state index contributed by atoms with van der Waals surface area (Å²) in [7, 11) is 0. The predicted molar refractivity (Wildman–Crippen MR) is 94.5 cm³/mol. The molecule has 122 valence electrons. The normalized spacial score (nSPS) is 10.7. The molecule has 0 aliphatic rings. The van der Waals surface area contributed by atoms with Crippen LogP contribution in [0.25, 0.3) is 10.9 Å². The molecule has 0 bridgehead atoms. The van der Waals surface area contributed by atoms with Crippen LogP contribution in [0.1, 0.15) is 12.0 Å². The van der Waals surface area contributed by atoms with Gasteiger partial charge in [0.15, 0.2) is 0 Å². The van der Waals surface area contributed by atoms with E-state index < -0.39 is 0 Å². The maximum Gasteiger partial charge on any atom is 0.226 e. The van der Waals surface area contributed by atoms with E-state index in [-0.39, 0.29) is 18.2 Å². The molecule has 0 fully saturated rings. The first-order chi connectivity index (χ1) is 11.6. The number of para-hydroxylation sites is 1. The van der Waals surface area contributed by atoms with Crippen LogP contribution in [0.2, 0.25) is 0 Å². The summed E-state index contributed by atoms with van der Waals surface area (Å²) >= 11 is 0. The van der Waals surface area contributed by atoms with Crippen LogP contribution in [-0.2, 0) is 22.6 Å². The lowest BCUT2D eigenvalue weighted by Crippen LogP contribution is -2.15. The number of aryl methyl sites for hydroxylation is 1. The second-order valence-electron chi connectivity index (χ2n) is 5.71. The van der Waals surface area contributed by atoms with E-state index in [0.717, 1.165) is 11.1 Å². The number of hydrogen-bond donors (Lipinski definition) is 2. The van der Waals surface area contributed by atoms with Crippen molar-refractivity contribution < 1.29 is 9.59 Å². The number of benzene rings is 2. The van der Waals surface area contributed by atoms with Gasteiger partial charge in [0.1, 0.15) is 0 Å². The van der Waals surface area contributed by atoms with Crippen LogP contribution in [0.5, 0.6) is 0 Å². The molecular weight excluding hydrogens is 302 g/mol. The summed E-state index contributed by atoms with van der Waals surface area (Å²) in [6, 6.07) is 17.3. The first kappa shape index (κ1) is 15.8. The van der Waals surface area contributed by atoms with Gasteiger partial charge in [0.05, 0.1) is 6.42 Å². The van der Waals surface area contributed by atoms with E-state index in [1.807, 2.05) is 30.5 Å². The summed E-state index contributed by atoms with van der Waals surface area (Å²) in [5, 5.41) is 4.03. The summed E-state index contributed by atoms with van der Waals surface area (Å²) in [5.41, 5.74) is 7.83. The highest BCUT2D eigenvalue weighted by atomic mass is 16.1. The van der Waals surface area contributed by atoms with Crippen LogP contribution < -0.4 is 11.1 Å². The summed E-state index contributed by atoms with van der Waals surface area (Å²) in [5.74, 6) is -0.416. The van der Waals surface area contributed by atoms with Gasteiger partial charge in [-0.05, 0) is 35.2 Å². The third-order valence-corrected chi connectivity index (χ3v) is 3.88. The molecule has 0 atom stereocenters. The Kier molecular flexibility index (Phi) is 4.61. The number of hydrogen-bond acceptors (Lipinski definition) is 2. The fraction of sp³-hybridized carbons (Fsp3) is 0.158. The molecule has 0 spiro atoms.